The number of carbonyl (C=O) groups is 2. The van der Waals surface area contributed by atoms with Crippen LogP contribution in [0, 0.1) is 25.7 Å². The lowest BCUT2D eigenvalue weighted by Gasteiger charge is -2.18. The molecular weight excluding hydrogens is 266 g/mol. The lowest BCUT2D eigenvalue weighted by molar-refractivity contribution is -0.138. The number of benzene rings is 1. The molecule has 0 radical (unpaired) electrons. The molecule has 0 aliphatic heterocycles. The van der Waals surface area contributed by atoms with E-state index in [1.54, 1.807) is 0 Å². The molecule has 1 atom stereocenters. The van der Waals surface area contributed by atoms with Gasteiger partial charge in [0, 0.05) is 18.5 Å². The van der Waals surface area contributed by atoms with Crippen LogP contribution in [0.1, 0.15) is 48.2 Å². The number of carbonyl (C=O) groups excluding carboxylic acids is 1. The molecule has 0 fully saturated rings. The van der Waals surface area contributed by atoms with Crippen LogP contribution in [0.5, 0.6) is 0 Å². The Bertz CT molecular complexity index is 509. The maximum atomic E-state index is 12.2. The number of aryl methyl sites for hydroxylation is 2. The van der Waals surface area contributed by atoms with E-state index in [2.05, 4.69) is 19.2 Å². The van der Waals surface area contributed by atoms with E-state index in [0.29, 0.717) is 18.0 Å². The summed E-state index contributed by atoms with van der Waals surface area (Å²) < 4.78 is 0. The average Bonchev–Trinajstić information content (AvgIpc) is 2.34. The minimum atomic E-state index is -0.818. The largest absolute Gasteiger partial charge is 0.481 e. The van der Waals surface area contributed by atoms with Crippen molar-refractivity contribution in [2.45, 2.75) is 40.5 Å². The molecule has 0 unspecified atom stereocenters. The molecule has 0 aliphatic carbocycles. The predicted octanol–water partition coefficient (Wildman–Crippen LogP) is 3.17. The molecule has 4 nitrogen and oxygen atoms in total. The van der Waals surface area contributed by atoms with Crippen LogP contribution in [-0.4, -0.2) is 23.5 Å². The summed E-state index contributed by atoms with van der Waals surface area (Å²) in [6.07, 6.45) is 0.880. The van der Waals surface area contributed by atoms with E-state index >= 15 is 0 Å². The van der Waals surface area contributed by atoms with Crippen molar-refractivity contribution in [3.63, 3.8) is 0 Å². The first kappa shape index (κ1) is 17.2. The van der Waals surface area contributed by atoms with Crippen molar-refractivity contribution in [2.75, 3.05) is 6.54 Å². The molecule has 21 heavy (non-hydrogen) atoms. The summed E-state index contributed by atoms with van der Waals surface area (Å²) in [4.78, 5) is 23.1. The molecule has 4 heteroatoms. The molecule has 1 aromatic rings. The highest BCUT2D eigenvalue weighted by molar-refractivity contribution is 5.95. The number of carboxylic acid groups (broad SMARTS) is 1. The summed E-state index contributed by atoms with van der Waals surface area (Å²) in [5.41, 5.74) is 2.71. The Morgan fingerprint density at radius 1 is 1.24 bits per heavy atom. The van der Waals surface area contributed by atoms with Crippen molar-refractivity contribution in [1.29, 1.82) is 0 Å². The monoisotopic (exact) mass is 291 g/mol. The summed E-state index contributed by atoms with van der Waals surface area (Å²) in [7, 11) is 0. The van der Waals surface area contributed by atoms with Crippen LogP contribution in [0.25, 0.3) is 0 Å². The number of nitrogens with one attached hydrogen (secondary N) is 1. The van der Waals surface area contributed by atoms with Gasteiger partial charge in [0.1, 0.15) is 0 Å². The SMILES string of the molecule is Cc1ccc(C(=O)NC[C@H](CC(=O)O)CC(C)C)c(C)c1. The van der Waals surface area contributed by atoms with Gasteiger partial charge in [-0.25, -0.2) is 0 Å². The van der Waals surface area contributed by atoms with Crippen LogP contribution in [0.4, 0.5) is 0 Å². The van der Waals surface area contributed by atoms with Crippen molar-refractivity contribution < 1.29 is 14.7 Å². The molecule has 0 aromatic heterocycles. The second-order valence-corrected chi connectivity index (χ2v) is 6.12. The Hall–Kier alpha value is -1.84. The summed E-state index contributed by atoms with van der Waals surface area (Å²) in [5, 5.41) is 11.8. The third-order valence-corrected chi connectivity index (χ3v) is 3.45. The molecule has 0 bridgehead atoms. The number of hydrogen-bond donors (Lipinski definition) is 2. The highest BCUT2D eigenvalue weighted by atomic mass is 16.4. The third-order valence-electron chi connectivity index (χ3n) is 3.45. The van der Waals surface area contributed by atoms with E-state index < -0.39 is 5.97 Å². The van der Waals surface area contributed by atoms with Crippen molar-refractivity contribution in [3.05, 3.63) is 34.9 Å². The van der Waals surface area contributed by atoms with Crippen molar-refractivity contribution in [2.24, 2.45) is 11.8 Å². The summed E-state index contributed by atoms with van der Waals surface area (Å²) in [5.74, 6) is -0.572. The standard InChI is InChI=1S/C17H25NO3/c1-11(2)7-14(9-16(19)20)10-18-17(21)15-6-5-12(3)8-13(15)4/h5-6,8,11,14H,7,9-10H2,1-4H3,(H,18,21)(H,19,20)/t14-/m0/s1. The zero-order valence-corrected chi connectivity index (χ0v) is 13.3. The fourth-order valence-electron chi connectivity index (χ4n) is 2.55. The minimum absolute atomic E-state index is 0.0304. The maximum Gasteiger partial charge on any atom is 0.303 e. The van der Waals surface area contributed by atoms with Gasteiger partial charge in [0.2, 0.25) is 0 Å². The molecule has 2 N–H and O–H groups in total. The van der Waals surface area contributed by atoms with Gasteiger partial charge in [-0.15, -0.1) is 0 Å². The second kappa shape index (κ2) is 7.81. The van der Waals surface area contributed by atoms with Crippen molar-refractivity contribution in [3.8, 4) is 0 Å². The molecular formula is C17H25NO3. The fourth-order valence-corrected chi connectivity index (χ4v) is 2.55. The van der Waals surface area contributed by atoms with Crippen LogP contribution in [0.3, 0.4) is 0 Å². The highest BCUT2D eigenvalue weighted by Crippen LogP contribution is 2.16. The Balaban J connectivity index is 2.65. The van der Waals surface area contributed by atoms with Gasteiger partial charge < -0.3 is 10.4 Å². The van der Waals surface area contributed by atoms with E-state index in [9.17, 15) is 9.59 Å². The van der Waals surface area contributed by atoms with Gasteiger partial charge in [0.05, 0.1) is 0 Å². The maximum absolute atomic E-state index is 12.2. The molecule has 116 valence electrons. The number of amides is 1. The molecule has 0 saturated carbocycles. The smallest absolute Gasteiger partial charge is 0.303 e. The molecule has 1 aromatic carbocycles. The van der Waals surface area contributed by atoms with Gasteiger partial charge in [-0.3, -0.25) is 9.59 Å². The van der Waals surface area contributed by atoms with Crippen LogP contribution >= 0.6 is 0 Å². The Labute approximate surface area is 126 Å². The highest BCUT2D eigenvalue weighted by Gasteiger charge is 2.17. The van der Waals surface area contributed by atoms with E-state index in [4.69, 9.17) is 5.11 Å². The second-order valence-electron chi connectivity index (χ2n) is 6.12. The first-order chi connectivity index (χ1) is 9.79. The van der Waals surface area contributed by atoms with Crippen LogP contribution in [0.2, 0.25) is 0 Å². The van der Waals surface area contributed by atoms with E-state index in [1.165, 1.54) is 0 Å². The zero-order valence-electron chi connectivity index (χ0n) is 13.3. The van der Waals surface area contributed by atoms with Gasteiger partial charge >= 0.3 is 5.97 Å². The first-order valence-corrected chi connectivity index (χ1v) is 7.36. The summed E-state index contributed by atoms with van der Waals surface area (Å²) in [6, 6.07) is 5.69. The Morgan fingerprint density at radius 3 is 2.43 bits per heavy atom. The normalized spacial score (nSPS) is 12.2. The van der Waals surface area contributed by atoms with E-state index in [-0.39, 0.29) is 18.2 Å². The molecule has 0 saturated heterocycles. The minimum Gasteiger partial charge on any atom is -0.481 e. The molecule has 0 heterocycles. The van der Waals surface area contributed by atoms with Crippen LogP contribution < -0.4 is 5.32 Å². The summed E-state index contributed by atoms with van der Waals surface area (Å²) >= 11 is 0. The number of hydrogen-bond acceptors (Lipinski definition) is 2. The predicted molar refractivity (Wildman–Crippen MR) is 83.4 cm³/mol. The van der Waals surface area contributed by atoms with E-state index in [0.717, 1.165) is 17.5 Å². The van der Waals surface area contributed by atoms with E-state index in [1.807, 2.05) is 32.0 Å². The zero-order chi connectivity index (χ0) is 16.0. The van der Waals surface area contributed by atoms with Gasteiger partial charge in [0.25, 0.3) is 5.91 Å². The average molecular weight is 291 g/mol. The van der Waals surface area contributed by atoms with Crippen molar-refractivity contribution >= 4 is 11.9 Å². The molecule has 1 amide bonds. The lowest BCUT2D eigenvalue weighted by Crippen LogP contribution is -2.31. The summed E-state index contributed by atoms with van der Waals surface area (Å²) in [6.45, 7) is 8.41. The van der Waals surface area contributed by atoms with Crippen LogP contribution in [0.15, 0.2) is 18.2 Å². The van der Waals surface area contributed by atoms with Crippen LogP contribution in [-0.2, 0) is 4.79 Å². The van der Waals surface area contributed by atoms with Gasteiger partial charge in [-0.2, -0.15) is 0 Å². The fraction of sp³-hybridized carbons (Fsp3) is 0.529. The Morgan fingerprint density at radius 2 is 1.90 bits per heavy atom. The Kier molecular flexibility index (Phi) is 6.40. The number of carboxylic acids is 1. The number of aliphatic carboxylic acids is 1. The molecule has 1 rings (SSSR count). The van der Waals surface area contributed by atoms with Gasteiger partial charge in [-0.1, -0.05) is 31.5 Å². The molecule has 0 spiro atoms. The number of rotatable bonds is 7. The van der Waals surface area contributed by atoms with Gasteiger partial charge in [0.15, 0.2) is 0 Å². The third kappa shape index (κ3) is 5.98. The van der Waals surface area contributed by atoms with Gasteiger partial charge in [-0.05, 0) is 43.7 Å². The molecule has 0 aliphatic rings. The topological polar surface area (TPSA) is 66.4 Å². The quantitative estimate of drug-likeness (QED) is 0.811. The lowest BCUT2D eigenvalue weighted by atomic mass is 9.94. The first-order valence-electron chi connectivity index (χ1n) is 7.36. The van der Waals surface area contributed by atoms with Crippen molar-refractivity contribution in [1.82, 2.24) is 5.32 Å².